The van der Waals surface area contributed by atoms with Crippen molar-refractivity contribution < 1.29 is 4.74 Å². The van der Waals surface area contributed by atoms with E-state index in [1.54, 1.807) is 0 Å². The zero-order chi connectivity index (χ0) is 13.0. The molecule has 2 nitrogen and oxygen atoms in total. The van der Waals surface area contributed by atoms with E-state index in [1.165, 1.54) is 16.7 Å². The highest BCUT2D eigenvalue weighted by Gasteiger charge is 2.16. The van der Waals surface area contributed by atoms with E-state index in [9.17, 15) is 0 Å². The lowest BCUT2D eigenvalue weighted by atomic mass is 10.0. The number of likely N-dealkylation sites (N-methyl/N-ethyl adjacent to an activating group) is 1. The molecule has 0 radical (unpaired) electrons. The molecule has 0 heterocycles. The molecule has 1 aromatic carbocycles. The Balaban J connectivity index is 2.92. The Morgan fingerprint density at radius 3 is 2.35 bits per heavy atom. The van der Waals surface area contributed by atoms with Crippen LogP contribution in [0.4, 0.5) is 0 Å². The molecule has 0 saturated heterocycles. The van der Waals surface area contributed by atoms with E-state index in [4.69, 9.17) is 4.74 Å². The summed E-state index contributed by atoms with van der Waals surface area (Å²) in [5.41, 5.74) is 3.80. The topological polar surface area (TPSA) is 21.3 Å². The van der Waals surface area contributed by atoms with Crippen LogP contribution in [0.15, 0.2) is 12.1 Å². The van der Waals surface area contributed by atoms with Gasteiger partial charge in [0.2, 0.25) is 0 Å². The van der Waals surface area contributed by atoms with Crippen molar-refractivity contribution in [3.8, 4) is 5.75 Å². The van der Waals surface area contributed by atoms with Crippen LogP contribution in [0.3, 0.4) is 0 Å². The average molecular weight is 235 g/mol. The number of hydrogen-bond acceptors (Lipinski definition) is 2. The van der Waals surface area contributed by atoms with Crippen LogP contribution in [-0.4, -0.2) is 19.7 Å². The van der Waals surface area contributed by atoms with Gasteiger partial charge in [0.05, 0.1) is 0 Å². The molecule has 1 unspecified atom stereocenters. The summed E-state index contributed by atoms with van der Waals surface area (Å²) in [5.74, 6) is 1.53. The Morgan fingerprint density at radius 2 is 1.82 bits per heavy atom. The number of aryl methyl sites for hydroxylation is 2. The molecular weight excluding hydrogens is 210 g/mol. The van der Waals surface area contributed by atoms with Crippen molar-refractivity contribution in [2.75, 3.05) is 13.6 Å². The lowest BCUT2D eigenvalue weighted by Crippen LogP contribution is -2.34. The van der Waals surface area contributed by atoms with Crippen molar-refractivity contribution in [2.24, 2.45) is 5.92 Å². The molecule has 0 aliphatic carbocycles. The zero-order valence-electron chi connectivity index (χ0n) is 11.9. The highest BCUT2D eigenvalue weighted by Crippen LogP contribution is 2.25. The van der Waals surface area contributed by atoms with Crippen molar-refractivity contribution in [1.82, 2.24) is 5.32 Å². The monoisotopic (exact) mass is 235 g/mol. The molecule has 2 heteroatoms. The maximum atomic E-state index is 6.15. The fourth-order valence-corrected chi connectivity index (χ4v) is 1.90. The molecule has 0 bridgehead atoms. The van der Waals surface area contributed by atoms with Crippen molar-refractivity contribution >= 4 is 0 Å². The summed E-state index contributed by atoms with van der Waals surface area (Å²) in [5, 5.41) is 3.19. The Bertz CT molecular complexity index is 371. The van der Waals surface area contributed by atoms with Crippen LogP contribution in [0.2, 0.25) is 0 Å². The molecule has 17 heavy (non-hydrogen) atoms. The second kappa shape index (κ2) is 6.06. The summed E-state index contributed by atoms with van der Waals surface area (Å²) >= 11 is 0. The molecule has 0 aromatic heterocycles. The molecule has 0 amide bonds. The number of benzene rings is 1. The first-order valence-electron chi connectivity index (χ1n) is 6.34. The fraction of sp³-hybridized carbons (Fsp3) is 0.600. The molecule has 0 aliphatic heterocycles. The van der Waals surface area contributed by atoms with Gasteiger partial charge in [0, 0.05) is 6.54 Å². The summed E-state index contributed by atoms with van der Waals surface area (Å²) in [4.78, 5) is 0. The number of hydrogen-bond donors (Lipinski definition) is 1. The average Bonchev–Trinajstić information content (AvgIpc) is 2.24. The molecule has 1 N–H and O–H groups in total. The number of nitrogens with one attached hydrogen (secondary N) is 1. The number of ether oxygens (including phenoxy) is 1. The van der Waals surface area contributed by atoms with Crippen molar-refractivity contribution in [3.05, 3.63) is 28.8 Å². The Labute approximate surface area is 105 Å². The van der Waals surface area contributed by atoms with E-state index < -0.39 is 0 Å². The largest absolute Gasteiger partial charge is 0.489 e. The summed E-state index contributed by atoms with van der Waals surface area (Å²) < 4.78 is 6.15. The summed E-state index contributed by atoms with van der Waals surface area (Å²) in [6.45, 7) is 11.6. The molecule has 0 aliphatic rings. The van der Waals surface area contributed by atoms with Gasteiger partial charge < -0.3 is 10.1 Å². The van der Waals surface area contributed by atoms with Gasteiger partial charge in [-0.25, -0.2) is 0 Å². The summed E-state index contributed by atoms with van der Waals surface area (Å²) in [6.07, 6.45) is 0.222. The van der Waals surface area contributed by atoms with E-state index in [-0.39, 0.29) is 6.10 Å². The van der Waals surface area contributed by atoms with E-state index >= 15 is 0 Å². The first-order valence-corrected chi connectivity index (χ1v) is 6.34. The molecule has 0 saturated carbocycles. The maximum Gasteiger partial charge on any atom is 0.123 e. The van der Waals surface area contributed by atoms with E-state index in [2.05, 4.69) is 52.1 Å². The molecule has 1 atom stereocenters. The van der Waals surface area contributed by atoms with Crippen LogP contribution >= 0.6 is 0 Å². The highest BCUT2D eigenvalue weighted by atomic mass is 16.5. The fourth-order valence-electron chi connectivity index (χ4n) is 1.90. The molecule has 0 fully saturated rings. The molecular formula is C15H25NO. The van der Waals surface area contributed by atoms with Crippen molar-refractivity contribution in [3.63, 3.8) is 0 Å². The van der Waals surface area contributed by atoms with Gasteiger partial charge in [0.15, 0.2) is 0 Å². The predicted molar refractivity (Wildman–Crippen MR) is 73.8 cm³/mol. The zero-order valence-corrected chi connectivity index (χ0v) is 11.9. The molecule has 96 valence electrons. The highest BCUT2D eigenvalue weighted by molar-refractivity contribution is 5.42. The van der Waals surface area contributed by atoms with Crippen LogP contribution in [0, 0.1) is 26.7 Å². The van der Waals surface area contributed by atoms with Crippen LogP contribution in [0.1, 0.15) is 30.5 Å². The van der Waals surface area contributed by atoms with E-state index in [0.717, 1.165) is 12.3 Å². The van der Waals surface area contributed by atoms with Gasteiger partial charge in [-0.2, -0.15) is 0 Å². The first kappa shape index (κ1) is 14.0. The Hall–Kier alpha value is -1.02. The van der Waals surface area contributed by atoms with Gasteiger partial charge in [-0.05, 0) is 56.5 Å². The van der Waals surface area contributed by atoms with Crippen LogP contribution < -0.4 is 10.1 Å². The van der Waals surface area contributed by atoms with Gasteiger partial charge in [0.1, 0.15) is 11.9 Å². The number of rotatable bonds is 5. The van der Waals surface area contributed by atoms with Gasteiger partial charge in [-0.15, -0.1) is 0 Å². The minimum Gasteiger partial charge on any atom is -0.489 e. The van der Waals surface area contributed by atoms with E-state index in [1.807, 2.05) is 7.05 Å². The quantitative estimate of drug-likeness (QED) is 0.846. The summed E-state index contributed by atoms with van der Waals surface area (Å²) in [6, 6.07) is 4.33. The van der Waals surface area contributed by atoms with Crippen LogP contribution in [-0.2, 0) is 0 Å². The Morgan fingerprint density at radius 1 is 1.18 bits per heavy atom. The second-order valence-electron chi connectivity index (χ2n) is 5.16. The first-order chi connectivity index (χ1) is 7.95. The van der Waals surface area contributed by atoms with E-state index in [0.29, 0.717) is 5.92 Å². The third-order valence-corrected chi connectivity index (χ3v) is 3.19. The smallest absolute Gasteiger partial charge is 0.123 e. The Kier molecular flexibility index (Phi) is 5.01. The predicted octanol–water partition coefficient (Wildman–Crippen LogP) is 3.23. The third-order valence-electron chi connectivity index (χ3n) is 3.19. The van der Waals surface area contributed by atoms with Crippen molar-refractivity contribution in [2.45, 2.75) is 40.7 Å². The van der Waals surface area contributed by atoms with Gasteiger partial charge in [-0.3, -0.25) is 0 Å². The maximum absolute atomic E-state index is 6.15. The lowest BCUT2D eigenvalue weighted by molar-refractivity contribution is 0.150. The van der Waals surface area contributed by atoms with Gasteiger partial charge in [-0.1, -0.05) is 19.9 Å². The molecule has 0 spiro atoms. The minimum absolute atomic E-state index is 0.222. The third kappa shape index (κ3) is 3.74. The van der Waals surface area contributed by atoms with Crippen molar-refractivity contribution in [1.29, 1.82) is 0 Å². The second-order valence-corrected chi connectivity index (χ2v) is 5.16. The SMILES string of the molecule is CNCC(Oc1cc(C)cc(C)c1C)C(C)C. The molecule has 1 aromatic rings. The lowest BCUT2D eigenvalue weighted by Gasteiger charge is -2.24. The normalized spacial score (nSPS) is 12.9. The van der Waals surface area contributed by atoms with Crippen LogP contribution in [0.25, 0.3) is 0 Å². The van der Waals surface area contributed by atoms with Gasteiger partial charge >= 0.3 is 0 Å². The molecule has 1 rings (SSSR count). The minimum atomic E-state index is 0.222. The standard InChI is InChI=1S/C15H25NO/c1-10(2)15(9-16-6)17-14-8-11(3)7-12(4)13(14)5/h7-8,10,15-16H,9H2,1-6H3. The van der Waals surface area contributed by atoms with Crippen LogP contribution in [0.5, 0.6) is 5.75 Å². The van der Waals surface area contributed by atoms with Gasteiger partial charge in [0.25, 0.3) is 0 Å². The summed E-state index contributed by atoms with van der Waals surface area (Å²) in [7, 11) is 1.97.